The highest BCUT2D eigenvalue weighted by molar-refractivity contribution is 5.44. The van der Waals surface area contributed by atoms with E-state index in [4.69, 9.17) is 15.9 Å². The van der Waals surface area contributed by atoms with Crippen molar-refractivity contribution in [3.05, 3.63) is 11.6 Å². The zero-order valence-corrected chi connectivity index (χ0v) is 11.4. The third kappa shape index (κ3) is 1.17. The van der Waals surface area contributed by atoms with Gasteiger partial charge in [0.15, 0.2) is 11.4 Å². The third-order valence-electron chi connectivity index (χ3n) is 5.15. The molecule has 1 spiro atoms. The van der Waals surface area contributed by atoms with Gasteiger partial charge >= 0.3 is 0 Å². The van der Waals surface area contributed by atoms with Gasteiger partial charge in [0.25, 0.3) is 0 Å². The molecule has 5 unspecified atom stereocenters. The van der Waals surface area contributed by atoms with E-state index in [-0.39, 0.29) is 23.5 Å². The zero-order valence-electron chi connectivity index (χ0n) is 11.4. The summed E-state index contributed by atoms with van der Waals surface area (Å²) in [4.78, 5) is 0. The summed E-state index contributed by atoms with van der Waals surface area (Å²) in [6.07, 6.45) is 8.41. The molecule has 2 fully saturated rings. The Bertz CT molecular complexity index is 465. The van der Waals surface area contributed by atoms with Crippen molar-refractivity contribution in [2.24, 2.45) is 11.3 Å². The van der Waals surface area contributed by atoms with Crippen LogP contribution in [-0.4, -0.2) is 28.7 Å². The number of aliphatic hydroxyl groups is 1. The van der Waals surface area contributed by atoms with Crippen molar-refractivity contribution in [2.45, 2.75) is 57.7 Å². The van der Waals surface area contributed by atoms with Crippen molar-refractivity contribution < 1.29 is 14.6 Å². The summed E-state index contributed by atoms with van der Waals surface area (Å²) in [5, 5.41) is 10.7. The molecule has 1 saturated carbocycles. The van der Waals surface area contributed by atoms with Crippen LogP contribution in [0, 0.1) is 23.7 Å². The highest BCUT2D eigenvalue weighted by Gasteiger charge is 2.74. The number of rotatable bonds is 0. The van der Waals surface area contributed by atoms with Crippen LogP contribution >= 0.6 is 0 Å². The predicted molar refractivity (Wildman–Crippen MR) is 67.6 cm³/mol. The number of terminal acetylenes is 1. The Balaban J connectivity index is 2.07. The quantitative estimate of drug-likeness (QED) is 0.525. The molecule has 18 heavy (non-hydrogen) atoms. The second-order valence-corrected chi connectivity index (χ2v) is 6.22. The molecule has 3 rings (SSSR count). The maximum atomic E-state index is 10.7. The molecular formula is C15H20O3. The monoisotopic (exact) mass is 248 g/mol. The fourth-order valence-corrected chi connectivity index (χ4v) is 3.62. The second kappa shape index (κ2) is 3.19. The van der Waals surface area contributed by atoms with Crippen LogP contribution in [0.15, 0.2) is 11.6 Å². The van der Waals surface area contributed by atoms with Crippen LogP contribution in [0.2, 0.25) is 0 Å². The average molecular weight is 248 g/mol. The lowest BCUT2D eigenvalue weighted by atomic mass is 9.73. The van der Waals surface area contributed by atoms with Gasteiger partial charge in [-0.3, -0.25) is 0 Å². The van der Waals surface area contributed by atoms with E-state index in [0.29, 0.717) is 0 Å². The average Bonchev–Trinajstić information content (AvgIpc) is 2.94. The van der Waals surface area contributed by atoms with Gasteiger partial charge in [-0.05, 0) is 38.8 Å². The smallest absolute Gasteiger partial charge is 0.192 e. The van der Waals surface area contributed by atoms with E-state index in [1.807, 2.05) is 33.8 Å². The summed E-state index contributed by atoms with van der Waals surface area (Å²) in [6.45, 7) is 7.92. The van der Waals surface area contributed by atoms with Crippen LogP contribution < -0.4 is 0 Å². The lowest BCUT2D eigenvalue weighted by Crippen LogP contribution is -2.49. The number of ether oxygens (including phenoxy) is 2. The molecule has 2 aliphatic carbocycles. The predicted octanol–water partition coefficient (Wildman–Crippen LogP) is 1.86. The summed E-state index contributed by atoms with van der Waals surface area (Å²) in [7, 11) is 0. The highest BCUT2D eigenvalue weighted by atomic mass is 16.8. The standard InChI is InChI=1S/C15H20O3/c1-6-14(16)9(2)7-15(12-8-13(12,14)5)17-10(3)11(4)18-15/h1,7,10-12,16H,8H2,2-5H3. The fraction of sp³-hybridized carbons (Fsp3) is 0.733. The number of hydrogen-bond donors (Lipinski definition) is 1. The lowest BCUT2D eigenvalue weighted by Gasteiger charge is -2.40. The topological polar surface area (TPSA) is 38.7 Å². The minimum Gasteiger partial charge on any atom is -0.373 e. The van der Waals surface area contributed by atoms with E-state index >= 15 is 0 Å². The van der Waals surface area contributed by atoms with Crippen molar-refractivity contribution in [1.82, 2.24) is 0 Å². The fourth-order valence-electron chi connectivity index (χ4n) is 3.62. The van der Waals surface area contributed by atoms with Crippen molar-refractivity contribution in [2.75, 3.05) is 0 Å². The Labute approximate surface area is 108 Å². The van der Waals surface area contributed by atoms with Crippen LogP contribution in [0.5, 0.6) is 0 Å². The summed E-state index contributed by atoms with van der Waals surface area (Å²) in [5.41, 5.74) is -0.725. The molecule has 3 nitrogen and oxygen atoms in total. The Morgan fingerprint density at radius 3 is 2.44 bits per heavy atom. The molecule has 3 aliphatic rings. The van der Waals surface area contributed by atoms with Gasteiger partial charge < -0.3 is 14.6 Å². The molecular weight excluding hydrogens is 228 g/mol. The lowest BCUT2D eigenvalue weighted by molar-refractivity contribution is -0.171. The largest absolute Gasteiger partial charge is 0.373 e. The summed E-state index contributed by atoms with van der Waals surface area (Å²) < 4.78 is 12.1. The normalized spacial score (nSPS) is 58.0. The van der Waals surface area contributed by atoms with E-state index in [9.17, 15) is 5.11 Å². The Kier molecular flexibility index (Phi) is 2.17. The van der Waals surface area contributed by atoms with Gasteiger partial charge in [0.05, 0.1) is 12.2 Å². The maximum Gasteiger partial charge on any atom is 0.192 e. The third-order valence-corrected chi connectivity index (χ3v) is 5.15. The molecule has 0 aromatic carbocycles. The molecule has 0 amide bonds. The molecule has 1 saturated heterocycles. The van der Waals surface area contributed by atoms with E-state index in [1.165, 1.54) is 0 Å². The summed E-state index contributed by atoms with van der Waals surface area (Å²) in [6, 6.07) is 0. The molecule has 0 aromatic heterocycles. The first-order valence-electron chi connectivity index (χ1n) is 6.55. The van der Waals surface area contributed by atoms with E-state index in [0.717, 1.165) is 12.0 Å². The maximum absolute atomic E-state index is 10.7. The van der Waals surface area contributed by atoms with Crippen molar-refractivity contribution in [3.63, 3.8) is 0 Å². The summed E-state index contributed by atoms with van der Waals surface area (Å²) >= 11 is 0. The van der Waals surface area contributed by atoms with Gasteiger partial charge in [-0.15, -0.1) is 6.42 Å². The van der Waals surface area contributed by atoms with Crippen LogP contribution in [-0.2, 0) is 9.47 Å². The molecule has 1 heterocycles. The van der Waals surface area contributed by atoms with E-state index in [1.54, 1.807) is 0 Å². The number of hydrogen-bond acceptors (Lipinski definition) is 3. The first-order valence-corrected chi connectivity index (χ1v) is 6.55. The second-order valence-electron chi connectivity index (χ2n) is 6.22. The van der Waals surface area contributed by atoms with Crippen molar-refractivity contribution >= 4 is 0 Å². The van der Waals surface area contributed by atoms with Crippen LogP contribution in [0.4, 0.5) is 0 Å². The molecule has 0 bridgehead atoms. The van der Waals surface area contributed by atoms with Gasteiger partial charge in [0.1, 0.15) is 0 Å². The molecule has 1 aliphatic heterocycles. The molecule has 5 atom stereocenters. The van der Waals surface area contributed by atoms with Crippen LogP contribution in [0.3, 0.4) is 0 Å². The van der Waals surface area contributed by atoms with E-state index in [2.05, 4.69) is 5.92 Å². The van der Waals surface area contributed by atoms with E-state index < -0.39 is 11.4 Å². The zero-order chi connectivity index (χ0) is 13.3. The van der Waals surface area contributed by atoms with Crippen LogP contribution in [0.1, 0.15) is 34.1 Å². The first kappa shape index (κ1) is 12.2. The number of fused-ring (bicyclic) bond motifs is 2. The molecule has 3 heteroatoms. The minimum absolute atomic E-state index is 0.0657. The molecule has 0 aromatic rings. The first-order chi connectivity index (χ1) is 8.29. The van der Waals surface area contributed by atoms with Gasteiger partial charge in [-0.1, -0.05) is 12.8 Å². The van der Waals surface area contributed by atoms with Gasteiger partial charge in [-0.2, -0.15) is 0 Å². The SMILES string of the molecule is C#CC1(O)C(C)=CC2(OC(C)C(C)O2)C2CC21C. The van der Waals surface area contributed by atoms with Gasteiger partial charge in [0, 0.05) is 11.3 Å². The molecule has 1 N–H and O–H groups in total. The van der Waals surface area contributed by atoms with Crippen LogP contribution in [0.25, 0.3) is 0 Å². The molecule has 0 radical (unpaired) electrons. The summed E-state index contributed by atoms with van der Waals surface area (Å²) in [5.74, 6) is 2.03. The Hall–Kier alpha value is -0.820. The highest BCUT2D eigenvalue weighted by Crippen LogP contribution is 2.70. The van der Waals surface area contributed by atoms with Crippen molar-refractivity contribution in [1.29, 1.82) is 0 Å². The Morgan fingerprint density at radius 1 is 1.39 bits per heavy atom. The minimum atomic E-state index is -1.16. The van der Waals surface area contributed by atoms with Gasteiger partial charge in [0.2, 0.25) is 0 Å². The molecule has 98 valence electrons. The van der Waals surface area contributed by atoms with Gasteiger partial charge in [-0.25, -0.2) is 0 Å². The van der Waals surface area contributed by atoms with Crippen molar-refractivity contribution in [3.8, 4) is 12.3 Å². The Morgan fingerprint density at radius 2 is 1.94 bits per heavy atom.